The van der Waals surface area contributed by atoms with Crippen LogP contribution in [0.25, 0.3) is 0 Å². The number of pyridine rings is 1. The van der Waals surface area contributed by atoms with Gasteiger partial charge in [-0.05, 0) is 27.6 Å². The van der Waals surface area contributed by atoms with Gasteiger partial charge in [0.25, 0.3) is 0 Å². The Kier molecular flexibility index (Phi) is 5.78. The van der Waals surface area contributed by atoms with E-state index < -0.39 is 0 Å². The van der Waals surface area contributed by atoms with Gasteiger partial charge in [0.15, 0.2) is 0 Å². The molecule has 0 aliphatic rings. The molecule has 15 heavy (non-hydrogen) atoms. The fraction of sp³-hybridized carbons (Fsp3) is 0.500. The summed E-state index contributed by atoms with van der Waals surface area (Å²) in [5.74, 6) is 0. The van der Waals surface area contributed by atoms with Crippen molar-refractivity contribution in [3.63, 3.8) is 0 Å². The van der Waals surface area contributed by atoms with Crippen LogP contribution in [-0.4, -0.2) is 37.0 Å². The summed E-state index contributed by atoms with van der Waals surface area (Å²) in [6.07, 6.45) is 3.46. The second-order valence-corrected chi connectivity index (χ2v) is 4.03. The summed E-state index contributed by atoms with van der Waals surface area (Å²) in [4.78, 5) is 4.05. The van der Waals surface area contributed by atoms with E-state index in [2.05, 4.69) is 26.2 Å². The molecule has 5 heteroatoms. The first kappa shape index (κ1) is 12.6. The number of methoxy groups -OCH3 is 1. The molecular weight excluding hydrogens is 260 g/mol. The summed E-state index contributed by atoms with van der Waals surface area (Å²) in [7, 11) is 1.65. The average molecular weight is 275 g/mol. The molecule has 0 bridgehead atoms. The summed E-state index contributed by atoms with van der Waals surface area (Å²) < 4.78 is 5.84. The maximum absolute atomic E-state index is 9.22. The number of hydrogen-bond donors (Lipinski definition) is 2. The number of aliphatic hydroxyl groups excluding tert-OH is 1. The van der Waals surface area contributed by atoms with Crippen LogP contribution in [0.2, 0.25) is 0 Å². The van der Waals surface area contributed by atoms with Crippen LogP contribution in [0.15, 0.2) is 22.9 Å². The molecular formula is C10H15BrN2O2. The van der Waals surface area contributed by atoms with Gasteiger partial charge < -0.3 is 15.2 Å². The molecule has 0 fully saturated rings. The molecule has 2 N–H and O–H groups in total. The summed E-state index contributed by atoms with van der Waals surface area (Å²) in [6.45, 7) is 1.37. The van der Waals surface area contributed by atoms with E-state index in [-0.39, 0.29) is 12.6 Å². The lowest BCUT2D eigenvalue weighted by atomic mass is 10.1. The molecule has 0 aliphatic carbocycles. The van der Waals surface area contributed by atoms with E-state index in [0.717, 1.165) is 10.0 Å². The quantitative estimate of drug-likeness (QED) is 0.764. The SMILES string of the molecule is COCCNC(CO)c1cncc(Br)c1. The monoisotopic (exact) mass is 274 g/mol. The highest BCUT2D eigenvalue weighted by Gasteiger charge is 2.09. The summed E-state index contributed by atoms with van der Waals surface area (Å²) in [5.41, 5.74) is 0.961. The molecule has 0 saturated heterocycles. The van der Waals surface area contributed by atoms with Gasteiger partial charge in [0.2, 0.25) is 0 Å². The molecule has 0 spiro atoms. The Balaban J connectivity index is 2.57. The molecule has 1 rings (SSSR count). The van der Waals surface area contributed by atoms with Gasteiger partial charge in [0, 0.05) is 30.5 Å². The molecule has 1 aromatic heterocycles. The normalized spacial score (nSPS) is 12.7. The van der Waals surface area contributed by atoms with Crippen molar-refractivity contribution in [3.05, 3.63) is 28.5 Å². The van der Waals surface area contributed by atoms with Gasteiger partial charge >= 0.3 is 0 Å². The first-order chi connectivity index (χ1) is 7.27. The van der Waals surface area contributed by atoms with E-state index in [1.54, 1.807) is 19.5 Å². The van der Waals surface area contributed by atoms with Gasteiger partial charge in [-0.1, -0.05) is 0 Å². The number of nitrogens with one attached hydrogen (secondary N) is 1. The van der Waals surface area contributed by atoms with Crippen LogP contribution >= 0.6 is 15.9 Å². The van der Waals surface area contributed by atoms with Crippen molar-refractivity contribution in [2.24, 2.45) is 0 Å². The highest BCUT2D eigenvalue weighted by atomic mass is 79.9. The smallest absolute Gasteiger partial charge is 0.0627 e. The highest BCUT2D eigenvalue weighted by molar-refractivity contribution is 9.10. The lowest BCUT2D eigenvalue weighted by molar-refractivity contribution is 0.184. The topological polar surface area (TPSA) is 54.4 Å². The van der Waals surface area contributed by atoms with Gasteiger partial charge in [-0.3, -0.25) is 4.98 Å². The predicted octanol–water partition coefficient (Wildman–Crippen LogP) is 1.11. The van der Waals surface area contributed by atoms with E-state index in [0.29, 0.717) is 13.2 Å². The Hall–Kier alpha value is -0.490. The summed E-state index contributed by atoms with van der Waals surface area (Å²) in [5, 5.41) is 12.4. The van der Waals surface area contributed by atoms with Crippen molar-refractivity contribution in [1.29, 1.82) is 0 Å². The van der Waals surface area contributed by atoms with E-state index in [4.69, 9.17) is 4.74 Å². The van der Waals surface area contributed by atoms with E-state index in [9.17, 15) is 5.11 Å². The van der Waals surface area contributed by atoms with Crippen LogP contribution < -0.4 is 5.32 Å². The Morgan fingerprint density at radius 1 is 1.60 bits per heavy atom. The molecule has 1 aromatic rings. The highest BCUT2D eigenvalue weighted by Crippen LogP contribution is 2.16. The Bertz CT molecular complexity index is 297. The minimum Gasteiger partial charge on any atom is -0.394 e. The number of ether oxygens (including phenoxy) is 1. The van der Waals surface area contributed by atoms with Crippen molar-refractivity contribution in [3.8, 4) is 0 Å². The molecule has 4 nitrogen and oxygen atoms in total. The Morgan fingerprint density at radius 3 is 3.00 bits per heavy atom. The number of hydrogen-bond acceptors (Lipinski definition) is 4. The zero-order valence-electron chi connectivity index (χ0n) is 8.61. The van der Waals surface area contributed by atoms with Gasteiger partial charge in [-0.15, -0.1) is 0 Å². The second-order valence-electron chi connectivity index (χ2n) is 3.12. The van der Waals surface area contributed by atoms with Gasteiger partial charge in [0.1, 0.15) is 0 Å². The molecule has 0 amide bonds. The lowest BCUT2D eigenvalue weighted by Crippen LogP contribution is -2.27. The van der Waals surface area contributed by atoms with Crippen LogP contribution in [-0.2, 0) is 4.74 Å². The van der Waals surface area contributed by atoms with Crippen LogP contribution in [0, 0.1) is 0 Å². The number of nitrogens with zero attached hydrogens (tertiary/aromatic N) is 1. The molecule has 84 valence electrons. The minimum atomic E-state index is -0.0925. The average Bonchev–Trinajstić information content (AvgIpc) is 2.24. The molecule has 0 radical (unpaired) electrons. The molecule has 0 aliphatic heterocycles. The molecule has 1 atom stereocenters. The summed E-state index contributed by atoms with van der Waals surface area (Å²) >= 11 is 3.34. The lowest BCUT2D eigenvalue weighted by Gasteiger charge is -2.16. The first-order valence-corrected chi connectivity index (χ1v) is 5.51. The molecule has 1 unspecified atom stereocenters. The zero-order valence-corrected chi connectivity index (χ0v) is 10.2. The third-order valence-electron chi connectivity index (χ3n) is 2.01. The number of rotatable bonds is 6. The number of aromatic nitrogens is 1. The standard InChI is InChI=1S/C10H15BrN2O2/c1-15-3-2-13-10(7-14)8-4-9(11)6-12-5-8/h4-6,10,13-14H,2-3,7H2,1H3. The third-order valence-corrected chi connectivity index (χ3v) is 2.44. The predicted molar refractivity (Wildman–Crippen MR) is 61.6 cm³/mol. The fourth-order valence-corrected chi connectivity index (χ4v) is 1.62. The summed E-state index contributed by atoms with van der Waals surface area (Å²) in [6, 6.07) is 1.85. The van der Waals surface area contributed by atoms with Gasteiger partial charge in [0.05, 0.1) is 19.3 Å². The molecule has 0 aromatic carbocycles. The maximum Gasteiger partial charge on any atom is 0.0627 e. The first-order valence-electron chi connectivity index (χ1n) is 4.71. The van der Waals surface area contributed by atoms with Crippen molar-refractivity contribution < 1.29 is 9.84 Å². The second kappa shape index (κ2) is 6.90. The van der Waals surface area contributed by atoms with Crippen LogP contribution in [0.1, 0.15) is 11.6 Å². The van der Waals surface area contributed by atoms with Crippen molar-refractivity contribution in [1.82, 2.24) is 10.3 Å². The van der Waals surface area contributed by atoms with E-state index >= 15 is 0 Å². The molecule has 1 heterocycles. The Morgan fingerprint density at radius 2 is 2.40 bits per heavy atom. The fourth-order valence-electron chi connectivity index (χ4n) is 1.24. The van der Waals surface area contributed by atoms with E-state index in [1.165, 1.54) is 0 Å². The number of aliphatic hydroxyl groups is 1. The van der Waals surface area contributed by atoms with Crippen molar-refractivity contribution in [2.45, 2.75) is 6.04 Å². The van der Waals surface area contributed by atoms with E-state index in [1.807, 2.05) is 6.07 Å². The minimum absolute atomic E-state index is 0.0435. The van der Waals surface area contributed by atoms with Crippen LogP contribution in [0.5, 0.6) is 0 Å². The Labute approximate surface area is 97.8 Å². The van der Waals surface area contributed by atoms with Crippen molar-refractivity contribution in [2.75, 3.05) is 26.9 Å². The number of halogens is 1. The van der Waals surface area contributed by atoms with Crippen LogP contribution in [0.3, 0.4) is 0 Å². The molecule has 0 saturated carbocycles. The maximum atomic E-state index is 9.22. The van der Waals surface area contributed by atoms with Crippen LogP contribution in [0.4, 0.5) is 0 Å². The largest absolute Gasteiger partial charge is 0.394 e. The van der Waals surface area contributed by atoms with Gasteiger partial charge in [-0.25, -0.2) is 0 Å². The zero-order chi connectivity index (χ0) is 11.1. The van der Waals surface area contributed by atoms with Gasteiger partial charge in [-0.2, -0.15) is 0 Å². The third kappa shape index (κ3) is 4.25. The van der Waals surface area contributed by atoms with Crippen molar-refractivity contribution >= 4 is 15.9 Å².